The van der Waals surface area contributed by atoms with Crippen molar-refractivity contribution in [2.75, 3.05) is 58.7 Å². The molecule has 9 nitrogen and oxygen atoms in total. The van der Waals surface area contributed by atoms with Gasteiger partial charge in [0.05, 0.1) is 11.4 Å². The number of hydrogen-bond acceptors (Lipinski definition) is 7. The van der Waals surface area contributed by atoms with E-state index < -0.39 is 0 Å². The van der Waals surface area contributed by atoms with Crippen molar-refractivity contribution < 1.29 is 4.79 Å². The molecule has 0 spiro atoms. The molecule has 4 rings (SSSR count). The number of hydrogen-bond donors (Lipinski definition) is 2. The fraction of sp³-hybridized carbons (Fsp3) is 0.448. The number of benzene rings is 1. The number of aliphatic imine (C=N–C) groups is 1. The molecule has 1 aliphatic heterocycles. The van der Waals surface area contributed by atoms with Crippen LogP contribution in [0.25, 0.3) is 16.6 Å². The molecule has 1 aliphatic rings. The zero-order valence-corrected chi connectivity index (χ0v) is 23.7. The second-order valence-corrected chi connectivity index (χ2v) is 9.13. The Hall–Kier alpha value is -3.56. The van der Waals surface area contributed by atoms with Gasteiger partial charge in [-0.3, -0.25) is 14.7 Å². The number of rotatable bonds is 9. The number of carbonyl (C=O) groups is 1. The minimum atomic E-state index is -0.00223. The monoisotopic (exact) mass is 518 g/mol. The number of amides is 1. The molecule has 204 valence electrons. The lowest BCUT2D eigenvalue weighted by atomic mass is 10.2. The fourth-order valence-corrected chi connectivity index (χ4v) is 4.24. The van der Waals surface area contributed by atoms with Crippen molar-refractivity contribution >= 4 is 40.4 Å². The van der Waals surface area contributed by atoms with Crippen LogP contribution in [0.3, 0.4) is 0 Å². The molecule has 1 amide bonds. The van der Waals surface area contributed by atoms with Crippen molar-refractivity contribution in [2.45, 2.75) is 34.1 Å². The highest BCUT2D eigenvalue weighted by molar-refractivity contribution is 5.98. The summed E-state index contributed by atoms with van der Waals surface area (Å²) in [6, 6.07) is 9.67. The van der Waals surface area contributed by atoms with Gasteiger partial charge in [-0.15, -0.1) is 0 Å². The smallest absolute Gasteiger partial charge is 0.270 e. The van der Waals surface area contributed by atoms with Gasteiger partial charge in [-0.25, -0.2) is 9.97 Å². The van der Waals surface area contributed by atoms with E-state index in [2.05, 4.69) is 49.0 Å². The number of carbonyl (C=O) groups excluding carboxylic acids is 1. The highest BCUT2D eigenvalue weighted by Gasteiger charge is 2.18. The van der Waals surface area contributed by atoms with Crippen LogP contribution in [-0.4, -0.2) is 95.1 Å². The molecule has 3 aromatic rings. The Morgan fingerprint density at radius 1 is 1.18 bits per heavy atom. The van der Waals surface area contributed by atoms with E-state index in [0.717, 1.165) is 67.1 Å². The molecule has 0 atom stereocenters. The van der Waals surface area contributed by atoms with Gasteiger partial charge < -0.3 is 20.1 Å². The molecule has 0 bridgehead atoms. The van der Waals surface area contributed by atoms with Gasteiger partial charge in [0.1, 0.15) is 5.69 Å². The summed E-state index contributed by atoms with van der Waals surface area (Å²) >= 11 is 0. The Morgan fingerprint density at radius 3 is 2.66 bits per heavy atom. The maximum Gasteiger partial charge on any atom is 0.270 e. The van der Waals surface area contributed by atoms with E-state index in [1.54, 1.807) is 17.3 Å². The summed E-state index contributed by atoms with van der Waals surface area (Å²) < 4.78 is 0. The lowest BCUT2D eigenvalue weighted by Gasteiger charge is -2.33. The molecule has 2 N–H and O–H groups in total. The van der Waals surface area contributed by atoms with Crippen LogP contribution >= 0.6 is 0 Å². The average molecular weight is 519 g/mol. The van der Waals surface area contributed by atoms with Crippen LogP contribution in [0.2, 0.25) is 0 Å². The van der Waals surface area contributed by atoms with Crippen molar-refractivity contribution in [2.24, 2.45) is 4.99 Å². The van der Waals surface area contributed by atoms with Crippen molar-refractivity contribution in [3.63, 3.8) is 0 Å². The number of aromatic nitrogens is 3. The number of likely N-dealkylation sites (N-methyl/N-ethyl adjacent to an activating group) is 2. The van der Waals surface area contributed by atoms with E-state index in [9.17, 15) is 4.79 Å². The van der Waals surface area contributed by atoms with E-state index in [0.29, 0.717) is 18.2 Å². The topological polar surface area (TPSA) is 92.7 Å². The maximum absolute atomic E-state index is 13.0. The number of piperazine rings is 1. The second kappa shape index (κ2) is 14.4. The summed E-state index contributed by atoms with van der Waals surface area (Å²) in [5.41, 5.74) is 3.94. The third kappa shape index (κ3) is 7.72. The van der Waals surface area contributed by atoms with Gasteiger partial charge >= 0.3 is 0 Å². The first kappa shape index (κ1) is 29.0. The van der Waals surface area contributed by atoms with Crippen molar-refractivity contribution in [3.8, 4) is 0 Å². The highest BCUT2D eigenvalue weighted by Crippen LogP contribution is 2.23. The van der Waals surface area contributed by atoms with E-state index in [1.807, 2.05) is 64.2 Å². The number of allylic oxidation sites excluding steroid dienone is 1. The molecule has 1 fully saturated rings. The number of nitrogens with one attached hydrogen (secondary N) is 2. The number of aromatic amines is 1. The Labute approximate surface area is 226 Å². The molecule has 3 heterocycles. The minimum Gasteiger partial charge on any atom is -0.351 e. The third-order valence-electron chi connectivity index (χ3n) is 6.39. The SMILES string of the molecule is CC.CC=N/C(=C\CC)c1ccnc(Nc2ccc3[nH]c(C(=O)N(C)CCN4CCN(C)CC4)cc3c2)n1. The van der Waals surface area contributed by atoms with Crippen LogP contribution in [0, 0.1) is 0 Å². The Bertz CT molecular complexity index is 1240. The summed E-state index contributed by atoms with van der Waals surface area (Å²) in [7, 11) is 4.02. The zero-order valence-electron chi connectivity index (χ0n) is 23.7. The predicted octanol–water partition coefficient (Wildman–Crippen LogP) is 4.89. The number of H-pyrrole nitrogens is 1. The summed E-state index contributed by atoms with van der Waals surface area (Å²) in [5.74, 6) is 0.494. The molecule has 0 unspecified atom stereocenters. The number of anilines is 2. The van der Waals surface area contributed by atoms with E-state index in [4.69, 9.17) is 0 Å². The van der Waals surface area contributed by atoms with E-state index in [1.165, 1.54) is 0 Å². The highest BCUT2D eigenvalue weighted by atomic mass is 16.2. The van der Waals surface area contributed by atoms with Crippen molar-refractivity contribution in [1.29, 1.82) is 0 Å². The number of fused-ring (bicyclic) bond motifs is 1. The van der Waals surface area contributed by atoms with Crippen molar-refractivity contribution in [3.05, 3.63) is 54.0 Å². The minimum absolute atomic E-state index is 0.00223. The second-order valence-electron chi connectivity index (χ2n) is 9.13. The molecule has 1 aromatic carbocycles. The van der Waals surface area contributed by atoms with Crippen LogP contribution in [-0.2, 0) is 0 Å². The zero-order chi connectivity index (χ0) is 27.5. The third-order valence-corrected chi connectivity index (χ3v) is 6.39. The Kier molecular flexibility index (Phi) is 11.0. The van der Waals surface area contributed by atoms with Crippen molar-refractivity contribution in [1.82, 2.24) is 29.7 Å². The predicted molar refractivity (Wildman–Crippen MR) is 158 cm³/mol. The first-order chi connectivity index (χ1) is 18.5. The van der Waals surface area contributed by atoms with Gasteiger partial charge in [0.2, 0.25) is 5.95 Å². The lowest BCUT2D eigenvalue weighted by molar-refractivity contribution is 0.0755. The Morgan fingerprint density at radius 2 is 1.95 bits per heavy atom. The first-order valence-electron chi connectivity index (χ1n) is 13.5. The normalized spacial score (nSPS) is 14.9. The summed E-state index contributed by atoms with van der Waals surface area (Å²) in [6.45, 7) is 13.8. The molecule has 0 aliphatic carbocycles. The summed E-state index contributed by atoms with van der Waals surface area (Å²) in [6.07, 6.45) is 6.40. The molecule has 1 saturated heterocycles. The van der Waals surface area contributed by atoms with Gasteiger partial charge in [-0.1, -0.05) is 26.8 Å². The van der Waals surface area contributed by atoms with Crippen LogP contribution in [0.5, 0.6) is 0 Å². The molecule has 0 saturated carbocycles. The number of nitrogens with zero attached hydrogens (tertiary/aromatic N) is 6. The van der Waals surface area contributed by atoms with Gasteiger partial charge in [0.15, 0.2) is 0 Å². The molecule has 38 heavy (non-hydrogen) atoms. The van der Waals surface area contributed by atoms with Gasteiger partial charge in [0.25, 0.3) is 5.91 Å². The van der Waals surface area contributed by atoms with Gasteiger partial charge in [-0.2, -0.15) is 0 Å². The largest absolute Gasteiger partial charge is 0.351 e. The fourth-order valence-electron chi connectivity index (χ4n) is 4.24. The first-order valence-corrected chi connectivity index (χ1v) is 13.5. The van der Waals surface area contributed by atoms with E-state index >= 15 is 0 Å². The quantitative estimate of drug-likeness (QED) is 0.392. The van der Waals surface area contributed by atoms with Gasteiger partial charge in [0, 0.05) is 75.3 Å². The van der Waals surface area contributed by atoms with Crippen LogP contribution in [0.1, 0.15) is 50.3 Å². The maximum atomic E-state index is 13.0. The van der Waals surface area contributed by atoms with Crippen LogP contribution in [0.4, 0.5) is 11.6 Å². The lowest BCUT2D eigenvalue weighted by Crippen LogP contribution is -2.47. The van der Waals surface area contributed by atoms with Gasteiger partial charge in [-0.05, 0) is 50.7 Å². The Balaban J connectivity index is 0.00000195. The average Bonchev–Trinajstić information content (AvgIpc) is 3.37. The van der Waals surface area contributed by atoms with Crippen LogP contribution in [0.15, 0.2) is 47.6 Å². The van der Waals surface area contributed by atoms with E-state index in [-0.39, 0.29) is 5.91 Å². The summed E-state index contributed by atoms with van der Waals surface area (Å²) in [4.78, 5) is 36.3. The standard InChI is InChI=1S/C27H36N8O.C2H6/c1-5-7-23(28-6-2)24-10-11-29-27(32-24)30-21-8-9-22-20(18-21)19-25(31-22)26(36)34(4)14-17-35-15-12-33(3)13-16-35;1-2/h6-11,18-19,31H,5,12-17H2,1-4H3,(H,29,30,32);1-2H3/b23-7-,28-6?;. The van der Waals surface area contributed by atoms with Crippen LogP contribution < -0.4 is 5.32 Å². The molecule has 2 aromatic heterocycles. The molecule has 0 radical (unpaired) electrons. The molecule has 9 heteroatoms. The molecular formula is C29H42N8O. The summed E-state index contributed by atoms with van der Waals surface area (Å²) in [5, 5.41) is 4.23. The molecular weight excluding hydrogens is 476 g/mol.